The molecule has 2 rings (SSSR count). The molecular weight excluding hydrogens is 191 g/mol. The van der Waals surface area contributed by atoms with Crippen LogP contribution >= 0.6 is 0 Å². The van der Waals surface area contributed by atoms with E-state index in [9.17, 15) is 9.50 Å². The summed E-state index contributed by atoms with van der Waals surface area (Å²) in [6, 6.07) is 6.67. The standard InChI is InChI=1S/C13H17FO/c1-12(7-8-12)13(2,15)9-10-5-3-4-6-11(10)14/h3-6,15H,7-9H2,1-2H3. The smallest absolute Gasteiger partial charge is 0.126 e. The van der Waals surface area contributed by atoms with E-state index in [4.69, 9.17) is 0 Å². The summed E-state index contributed by atoms with van der Waals surface area (Å²) in [6.07, 6.45) is 2.47. The van der Waals surface area contributed by atoms with Crippen molar-refractivity contribution in [3.05, 3.63) is 35.6 Å². The lowest BCUT2D eigenvalue weighted by Gasteiger charge is -2.30. The van der Waals surface area contributed by atoms with E-state index in [-0.39, 0.29) is 11.2 Å². The van der Waals surface area contributed by atoms with Crippen LogP contribution in [0.4, 0.5) is 4.39 Å². The number of benzene rings is 1. The zero-order valence-electron chi connectivity index (χ0n) is 9.26. The summed E-state index contributed by atoms with van der Waals surface area (Å²) in [7, 11) is 0. The van der Waals surface area contributed by atoms with E-state index in [1.54, 1.807) is 12.1 Å². The highest BCUT2D eigenvalue weighted by atomic mass is 19.1. The van der Waals surface area contributed by atoms with Gasteiger partial charge in [-0.3, -0.25) is 0 Å². The summed E-state index contributed by atoms with van der Waals surface area (Å²) < 4.78 is 13.4. The van der Waals surface area contributed by atoms with E-state index >= 15 is 0 Å². The molecule has 0 aliphatic heterocycles. The highest BCUT2D eigenvalue weighted by Crippen LogP contribution is 2.54. The fourth-order valence-electron chi connectivity index (χ4n) is 1.95. The van der Waals surface area contributed by atoms with Gasteiger partial charge in [-0.15, -0.1) is 0 Å². The second-order valence-electron chi connectivity index (χ2n) is 5.10. The predicted octanol–water partition coefficient (Wildman–Crippen LogP) is 2.92. The van der Waals surface area contributed by atoms with Crippen molar-refractivity contribution < 1.29 is 9.50 Å². The average Bonchev–Trinajstić information content (AvgIpc) is 2.89. The number of rotatable bonds is 3. The normalized spacial score (nSPS) is 22.1. The van der Waals surface area contributed by atoms with Crippen LogP contribution in [0.5, 0.6) is 0 Å². The maximum atomic E-state index is 13.4. The van der Waals surface area contributed by atoms with Crippen LogP contribution in [-0.4, -0.2) is 10.7 Å². The Morgan fingerprint density at radius 2 is 2.00 bits per heavy atom. The van der Waals surface area contributed by atoms with E-state index in [1.807, 2.05) is 13.0 Å². The zero-order valence-corrected chi connectivity index (χ0v) is 9.26. The third-order valence-electron chi connectivity index (χ3n) is 3.79. The van der Waals surface area contributed by atoms with Crippen LogP contribution in [0, 0.1) is 11.2 Å². The van der Waals surface area contributed by atoms with Gasteiger partial charge in [0.2, 0.25) is 0 Å². The molecule has 82 valence electrons. The fourth-order valence-corrected chi connectivity index (χ4v) is 1.95. The van der Waals surface area contributed by atoms with Gasteiger partial charge in [0.15, 0.2) is 0 Å². The maximum absolute atomic E-state index is 13.4. The molecule has 1 aliphatic carbocycles. The average molecular weight is 208 g/mol. The molecule has 0 spiro atoms. The Hall–Kier alpha value is -0.890. The third kappa shape index (κ3) is 1.91. The van der Waals surface area contributed by atoms with Gasteiger partial charge in [0.25, 0.3) is 0 Å². The molecule has 1 N–H and O–H groups in total. The molecule has 0 amide bonds. The molecule has 1 nitrogen and oxygen atoms in total. The van der Waals surface area contributed by atoms with Gasteiger partial charge in [-0.25, -0.2) is 4.39 Å². The zero-order chi connectivity index (χ0) is 11.1. The van der Waals surface area contributed by atoms with Crippen LogP contribution in [0.1, 0.15) is 32.3 Å². The first-order valence-corrected chi connectivity index (χ1v) is 5.40. The van der Waals surface area contributed by atoms with Crippen molar-refractivity contribution in [2.75, 3.05) is 0 Å². The second kappa shape index (κ2) is 3.31. The van der Waals surface area contributed by atoms with Crippen molar-refractivity contribution >= 4 is 0 Å². The van der Waals surface area contributed by atoms with E-state index < -0.39 is 5.60 Å². The first-order chi connectivity index (χ1) is 6.95. The molecule has 1 fully saturated rings. The van der Waals surface area contributed by atoms with Crippen molar-refractivity contribution in [1.29, 1.82) is 0 Å². The summed E-state index contributed by atoms with van der Waals surface area (Å²) in [5.74, 6) is -0.220. The van der Waals surface area contributed by atoms with Gasteiger partial charge in [0.1, 0.15) is 5.82 Å². The van der Waals surface area contributed by atoms with Gasteiger partial charge in [-0.05, 0) is 36.8 Å². The number of hydrogen-bond donors (Lipinski definition) is 1. The Bertz CT molecular complexity index is 367. The molecule has 15 heavy (non-hydrogen) atoms. The molecule has 1 aliphatic rings. The molecule has 2 heteroatoms. The van der Waals surface area contributed by atoms with Gasteiger partial charge >= 0.3 is 0 Å². The highest BCUT2D eigenvalue weighted by Gasteiger charge is 2.52. The summed E-state index contributed by atoms with van der Waals surface area (Å²) >= 11 is 0. The minimum Gasteiger partial charge on any atom is -0.389 e. The molecule has 0 saturated heterocycles. The van der Waals surface area contributed by atoms with Crippen molar-refractivity contribution in [2.24, 2.45) is 5.41 Å². The summed E-state index contributed by atoms with van der Waals surface area (Å²) in [6.45, 7) is 3.88. The predicted molar refractivity (Wildman–Crippen MR) is 58.1 cm³/mol. The van der Waals surface area contributed by atoms with Crippen molar-refractivity contribution in [2.45, 2.75) is 38.7 Å². The molecule has 1 aromatic carbocycles. The molecular formula is C13H17FO. The third-order valence-corrected chi connectivity index (χ3v) is 3.79. The fraction of sp³-hybridized carbons (Fsp3) is 0.538. The van der Waals surface area contributed by atoms with Crippen LogP contribution in [-0.2, 0) is 6.42 Å². The van der Waals surface area contributed by atoms with Crippen molar-refractivity contribution in [1.82, 2.24) is 0 Å². The van der Waals surface area contributed by atoms with Gasteiger partial charge in [-0.1, -0.05) is 25.1 Å². The maximum Gasteiger partial charge on any atom is 0.126 e. The molecule has 1 saturated carbocycles. The number of halogens is 1. The minimum absolute atomic E-state index is 0.0186. The number of hydrogen-bond acceptors (Lipinski definition) is 1. The second-order valence-corrected chi connectivity index (χ2v) is 5.10. The minimum atomic E-state index is -0.796. The summed E-state index contributed by atoms with van der Waals surface area (Å²) in [5, 5.41) is 10.3. The Labute approximate surface area is 89.9 Å². The van der Waals surface area contributed by atoms with E-state index in [2.05, 4.69) is 6.92 Å². The molecule has 0 aromatic heterocycles. The Balaban J connectivity index is 2.18. The lowest BCUT2D eigenvalue weighted by atomic mass is 9.82. The van der Waals surface area contributed by atoms with Crippen LogP contribution in [0.3, 0.4) is 0 Å². The molecule has 1 atom stereocenters. The molecule has 0 bridgehead atoms. The molecule has 0 heterocycles. The van der Waals surface area contributed by atoms with Crippen LogP contribution in [0.25, 0.3) is 0 Å². The van der Waals surface area contributed by atoms with Crippen LogP contribution < -0.4 is 0 Å². The summed E-state index contributed by atoms with van der Waals surface area (Å²) in [5.41, 5.74) is -0.208. The van der Waals surface area contributed by atoms with Crippen molar-refractivity contribution in [3.8, 4) is 0 Å². The first-order valence-electron chi connectivity index (χ1n) is 5.40. The Morgan fingerprint density at radius 3 is 2.53 bits per heavy atom. The van der Waals surface area contributed by atoms with E-state index in [1.165, 1.54) is 6.07 Å². The Kier molecular flexibility index (Phi) is 2.34. The van der Waals surface area contributed by atoms with Crippen molar-refractivity contribution in [3.63, 3.8) is 0 Å². The molecule has 0 radical (unpaired) electrons. The largest absolute Gasteiger partial charge is 0.389 e. The Morgan fingerprint density at radius 1 is 1.40 bits per heavy atom. The lowest BCUT2D eigenvalue weighted by molar-refractivity contribution is -0.00768. The summed E-state index contributed by atoms with van der Waals surface area (Å²) in [4.78, 5) is 0. The van der Waals surface area contributed by atoms with E-state index in [0.29, 0.717) is 12.0 Å². The lowest BCUT2D eigenvalue weighted by Crippen LogP contribution is -2.37. The highest BCUT2D eigenvalue weighted by molar-refractivity contribution is 5.21. The van der Waals surface area contributed by atoms with Crippen LogP contribution in [0.15, 0.2) is 24.3 Å². The van der Waals surface area contributed by atoms with E-state index in [0.717, 1.165) is 12.8 Å². The van der Waals surface area contributed by atoms with Gasteiger partial charge in [-0.2, -0.15) is 0 Å². The van der Waals surface area contributed by atoms with Crippen LogP contribution in [0.2, 0.25) is 0 Å². The molecule has 1 aromatic rings. The topological polar surface area (TPSA) is 20.2 Å². The van der Waals surface area contributed by atoms with Gasteiger partial charge in [0.05, 0.1) is 5.60 Å². The molecule has 1 unspecified atom stereocenters. The quantitative estimate of drug-likeness (QED) is 0.809. The number of aliphatic hydroxyl groups is 1. The first kappa shape index (κ1) is 10.6. The van der Waals surface area contributed by atoms with Gasteiger partial charge in [0, 0.05) is 6.42 Å². The SMILES string of the molecule is CC(O)(Cc1ccccc1F)C1(C)CC1. The van der Waals surface area contributed by atoms with Gasteiger partial charge < -0.3 is 5.11 Å². The monoisotopic (exact) mass is 208 g/mol.